The summed E-state index contributed by atoms with van der Waals surface area (Å²) in [5, 5.41) is 3.44. The second-order valence-electron chi connectivity index (χ2n) is 4.79. The summed E-state index contributed by atoms with van der Waals surface area (Å²) in [6.07, 6.45) is 4.65. The monoisotopic (exact) mass is 220 g/mol. The maximum atomic E-state index is 5.72. The van der Waals surface area contributed by atoms with E-state index in [1.165, 1.54) is 12.8 Å². The molecule has 1 N–H and O–H groups in total. The topological polar surface area (TPSA) is 34.1 Å². The summed E-state index contributed by atoms with van der Waals surface area (Å²) in [5.41, 5.74) is 0. The third kappa shape index (κ3) is 2.87. The predicted molar refractivity (Wildman–Crippen MR) is 65.8 cm³/mol. The Hall–Kier alpha value is -1.25. The van der Waals surface area contributed by atoms with Gasteiger partial charge in [0.25, 0.3) is 0 Å². The van der Waals surface area contributed by atoms with Crippen molar-refractivity contribution in [3.05, 3.63) is 18.3 Å². The first-order valence-corrected chi connectivity index (χ1v) is 6.05. The molecule has 1 saturated carbocycles. The molecular formula is C13H20N2O. The molecule has 0 aromatic carbocycles. The Balaban J connectivity index is 2.05. The number of hydrogen-bond donors (Lipinski definition) is 1. The number of pyridine rings is 1. The van der Waals surface area contributed by atoms with Crippen molar-refractivity contribution < 1.29 is 4.74 Å². The van der Waals surface area contributed by atoms with Gasteiger partial charge in [-0.1, -0.05) is 0 Å². The molecule has 16 heavy (non-hydrogen) atoms. The van der Waals surface area contributed by atoms with Crippen LogP contribution in [0, 0.1) is 5.92 Å². The van der Waals surface area contributed by atoms with Crippen molar-refractivity contribution in [1.29, 1.82) is 0 Å². The predicted octanol–water partition coefficient (Wildman–Crippen LogP) is 3.08. The average Bonchev–Trinajstić information content (AvgIpc) is 3.03. The van der Waals surface area contributed by atoms with Gasteiger partial charge in [-0.2, -0.15) is 0 Å². The van der Waals surface area contributed by atoms with Crippen LogP contribution in [0.1, 0.15) is 33.6 Å². The molecular weight excluding hydrogens is 200 g/mol. The lowest BCUT2D eigenvalue weighted by Gasteiger charge is -2.18. The van der Waals surface area contributed by atoms with Crippen LogP contribution in [-0.2, 0) is 0 Å². The van der Waals surface area contributed by atoms with Crippen LogP contribution < -0.4 is 10.1 Å². The molecule has 1 fully saturated rings. The molecule has 0 amide bonds. The number of nitrogens with zero attached hydrogens (tertiary/aromatic N) is 1. The van der Waals surface area contributed by atoms with E-state index >= 15 is 0 Å². The normalized spacial score (nSPS) is 17.2. The molecule has 1 aliphatic rings. The lowest BCUT2D eigenvalue weighted by molar-refractivity contribution is 0.242. The van der Waals surface area contributed by atoms with Crippen LogP contribution in [0.15, 0.2) is 18.3 Å². The highest BCUT2D eigenvalue weighted by molar-refractivity contribution is 5.50. The molecule has 0 radical (unpaired) electrons. The van der Waals surface area contributed by atoms with Crippen molar-refractivity contribution in [1.82, 2.24) is 4.98 Å². The number of ether oxygens (including phenoxy) is 1. The van der Waals surface area contributed by atoms with Crippen molar-refractivity contribution in [2.24, 2.45) is 5.92 Å². The molecule has 2 rings (SSSR count). The number of anilines is 1. The summed E-state index contributed by atoms with van der Waals surface area (Å²) in [6, 6.07) is 4.36. The van der Waals surface area contributed by atoms with Crippen molar-refractivity contribution in [2.75, 3.05) is 5.32 Å². The molecule has 0 aliphatic heterocycles. The summed E-state index contributed by atoms with van der Waals surface area (Å²) in [5.74, 6) is 2.54. The van der Waals surface area contributed by atoms with Crippen molar-refractivity contribution in [3.8, 4) is 5.75 Å². The Morgan fingerprint density at radius 1 is 1.38 bits per heavy atom. The van der Waals surface area contributed by atoms with Gasteiger partial charge < -0.3 is 10.1 Å². The fourth-order valence-electron chi connectivity index (χ4n) is 1.78. The highest BCUT2D eigenvalue weighted by atomic mass is 16.5. The van der Waals surface area contributed by atoms with E-state index in [-0.39, 0.29) is 6.10 Å². The molecule has 1 aromatic rings. The van der Waals surface area contributed by atoms with Crippen LogP contribution in [0.4, 0.5) is 5.82 Å². The molecule has 1 aliphatic carbocycles. The second kappa shape index (κ2) is 4.73. The molecule has 0 spiro atoms. The van der Waals surface area contributed by atoms with E-state index in [9.17, 15) is 0 Å². The maximum Gasteiger partial charge on any atom is 0.168 e. The van der Waals surface area contributed by atoms with Crippen LogP contribution >= 0.6 is 0 Å². The van der Waals surface area contributed by atoms with Crippen molar-refractivity contribution >= 4 is 5.82 Å². The minimum absolute atomic E-state index is 0.181. The fraction of sp³-hybridized carbons (Fsp3) is 0.615. The molecule has 1 heterocycles. The number of hydrogen-bond acceptors (Lipinski definition) is 3. The molecule has 1 unspecified atom stereocenters. The minimum atomic E-state index is 0.181. The van der Waals surface area contributed by atoms with Gasteiger partial charge in [-0.15, -0.1) is 0 Å². The van der Waals surface area contributed by atoms with E-state index in [4.69, 9.17) is 4.74 Å². The molecule has 1 aromatic heterocycles. The van der Waals surface area contributed by atoms with E-state index < -0.39 is 0 Å². The third-order valence-corrected chi connectivity index (χ3v) is 2.83. The van der Waals surface area contributed by atoms with Gasteiger partial charge in [-0.05, 0) is 51.7 Å². The number of rotatable bonds is 5. The maximum absolute atomic E-state index is 5.72. The molecule has 0 bridgehead atoms. The number of nitrogens with one attached hydrogen (secondary N) is 1. The highest BCUT2D eigenvalue weighted by Crippen LogP contribution is 2.35. The largest absolute Gasteiger partial charge is 0.487 e. The van der Waals surface area contributed by atoms with Gasteiger partial charge >= 0.3 is 0 Å². The second-order valence-corrected chi connectivity index (χ2v) is 4.79. The van der Waals surface area contributed by atoms with Gasteiger partial charge in [0.1, 0.15) is 0 Å². The smallest absolute Gasteiger partial charge is 0.168 e. The fourth-order valence-corrected chi connectivity index (χ4v) is 1.78. The SMILES string of the molecule is CC(C)Oc1cccnc1NC(C)C1CC1. The van der Waals surface area contributed by atoms with E-state index in [1.54, 1.807) is 6.20 Å². The zero-order valence-corrected chi connectivity index (χ0v) is 10.2. The lowest BCUT2D eigenvalue weighted by Crippen LogP contribution is -2.19. The van der Waals surface area contributed by atoms with Gasteiger partial charge in [0.05, 0.1) is 6.10 Å². The van der Waals surface area contributed by atoms with Crippen LogP contribution in [0.3, 0.4) is 0 Å². The standard InChI is InChI=1S/C13H20N2O/c1-9(2)16-12-5-4-8-14-13(12)15-10(3)11-6-7-11/h4-5,8-11H,6-7H2,1-3H3,(H,14,15). The first-order chi connectivity index (χ1) is 7.66. The van der Waals surface area contributed by atoms with E-state index in [2.05, 4.69) is 17.2 Å². The van der Waals surface area contributed by atoms with Gasteiger partial charge in [-0.25, -0.2) is 4.98 Å². The van der Waals surface area contributed by atoms with Crippen LogP contribution in [0.5, 0.6) is 5.75 Å². The Kier molecular flexibility index (Phi) is 3.32. The van der Waals surface area contributed by atoms with E-state index in [1.807, 2.05) is 26.0 Å². The summed E-state index contributed by atoms with van der Waals surface area (Å²) in [4.78, 5) is 4.35. The van der Waals surface area contributed by atoms with Crippen molar-refractivity contribution in [2.45, 2.75) is 45.8 Å². The van der Waals surface area contributed by atoms with E-state index in [0.29, 0.717) is 6.04 Å². The van der Waals surface area contributed by atoms with Crippen LogP contribution in [0.2, 0.25) is 0 Å². The quantitative estimate of drug-likeness (QED) is 0.828. The first-order valence-electron chi connectivity index (χ1n) is 6.05. The van der Waals surface area contributed by atoms with Gasteiger partial charge in [0, 0.05) is 12.2 Å². The van der Waals surface area contributed by atoms with E-state index in [0.717, 1.165) is 17.5 Å². The molecule has 0 saturated heterocycles. The zero-order chi connectivity index (χ0) is 11.5. The Bertz CT molecular complexity index is 348. The summed E-state index contributed by atoms with van der Waals surface area (Å²) >= 11 is 0. The summed E-state index contributed by atoms with van der Waals surface area (Å²) < 4.78 is 5.72. The first kappa shape index (κ1) is 11.2. The van der Waals surface area contributed by atoms with Gasteiger partial charge in [-0.3, -0.25) is 0 Å². The van der Waals surface area contributed by atoms with Crippen molar-refractivity contribution in [3.63, 3.8) is 0 Å². The third-order valence-electron chi connectivity index (χ3n) is 2.83. The van der Waals surface area contributed by atoms with Gasteiger partial charge in [0.15, 0.2) is 11.6 Å². The van der Waals surface area contributed by atoms with Crippen LogP contribution in [-0.4, -0.2) is 17.1 Å². The Labute approximate surface area is 97.2 Å². The lowest BCUT2D eigenvalue weighted by atomic mass is 10.2. The minimum Gasteiger partial charge on any atom is -0.487 e. The Morgan fingerprint density at radius 2 is 2.12 bits per heavy atom. The average molecular weight is 220 g/mol. The number of aromatic nitrogens is 1. The Morgan fingerprint density at radius 3 is 2.75 bits per heavy atom. The molecule has 1 atom stereocenters. The highest BCUT2D eigenvalue weighted by Gasteiger charge is 2.28. The molecule has 3 heteroatoms. The zero-order valence-electron chi connectivity index (χ0n) is 10.2. The summed E-state index contributed by atoms with van der Waals surface area (Å²) in [7, 11) is 0. The molecule has 3 nitrogen and oxygen atoms in total. The van der Waals surface area contributed by atoms with Crippen LogP contribution in [0.25, 0.3) is 0 Å². The van der Waals surface area contributed by atoms with Gasteiger partial charge in [0.2, 0.25) is 0 Å². The molecule has 88 valence electrons. The summed E-state index contributed by atoms with van der Waals surface area (Å²) in [6.45, 7) is 6.27.